The predicted molar refractivity (Wildman–Crippen MR) is 81.1 cm³/mol. The summed E-state index contributed by atoms with van der Waals surface area (Å²) in [6.07, 6.45) is 2.61. The van der Waals surface area contributed by atoms with E-state index in [1.165, 1.54) is 24.1 Å². The largest absolute Gasteiger partial charge is 0.481 e. The third-order valence-electron chi connectivity index (χ3n) is 3.00. The Labute approximate surface area is 135 Å². The molecule has 5 nitrogen and oxygen atoms in total. The lowest BCUT2D eigenvalue weighted by Crippen LogP contribution is -2.00. The summed E-state index contributed by atoms with van der Waals surface area (Å²) in [4.78, 5) is 3.83. The fourth-order valence-corrected chi connectivity index (χ4v) is 2.32. The van der Waals surface area contributed by atoms with Gasteiger partial charge in [-0.05, 0) is 18.2 Å². The molecule has 3 rings (SSSR count). The Morgan fingerprint density at radius 3 is 2.68 bits per heavy atom. The molecule has 0 N–H and O–H groups in total. The number of nitrogens with zero attached hydrogens (tertiary/aromatic N) is 4. The number of hydrogen-bond acceptors (Lipinski definition) is 4. The van der Waals surface area contributed by atoms with Crippen LogP contribution in [0.25, 0.3) is 16.8 Å². The van der Waals surface area contributed by atoms with E-state index >= 15 is 0 Å². The first-order valence-electron chi connectivity index (χ1n) is 6.16. The first kappa shape index (κ1) is 14.7. The molecule has 0 fully saturated rings. The van der Waals surface area contributed by atoms with E-state index in [9.17, 15) is 4.39 Å². The van der Waals surface area contributed by atoms with Crippen molar-refractivity contribution in [2.45, 2.75) is 0 Å². The van der Waals surface area contributed by atoms with Gasteiger partial charge in [-0.3, -0.25) is 0 Å². The van der Waals surface area contributed by atoms with E-state index in [1.807, 2.05) is 0 Å². The van der Waals surface area contributed by atoms with Gasteiger partial charge in [0.2, 0.25) is 5.88 Å². The number of methoxy groups -OCH3 is 1. The fraction of sp³-hybridized carbons (Fsp3) is 0.0714. The minimum absolute atomic E-state index is 0.230. The lowest BCUT2D eigenvalue weighted by atomic mass is 10.0. The van der Waals surface area contributed by atoms with Crippen molar-refractivity contribution in [3.8, 4) is 22.7 Å². The normalized spacial score (nSPS) is 10.7. The maximum absolute atomic E-state index is 14.2. The summed E-state index contributed by atoms with van der Waals surface area (Å²) in [7, 11) is 1.46. The molecule has 3 aromatic rings. The van der Waals surface area contributed by atoms with Gasteiger partial charge in [0.1, 0.15) is 5.82 Å². The van der Waals surface area contributed by atoms with Gasteiger partial charge in [0.25, 0.3) is 0 Å². The smallest absolute Gasteiger partial charge is 0.213 e. The van der Waals surface area contributed by atoms with Gasteiger partial charge < -0.3 is 4.74 Å². The van der Waals surface area contributed by atoms with Crippen LogP contribution in [0.4, 0.5) is 4.39 Å². The molecule has 0 spiro atoms. The zero-order chi connectivity index (χ0) is 15.7. The summed E-state index contributed by atoms with van der Waals surface area (Å²) in [6, 6.07) is 6.49. The highest BCUT2D eigenvalue weighted by Gasteiger charge is 2.15. The molecule has 2 heterocycles. The van der Waals surface area contributed by atoms with E-state index in [1.54, 1.807) is 18.2 Å². The molecule has 22 heavy (non-hydrogen) atoms. The molecule has 1 aromatic carbocycles. The number of ether oxygens (including phenoxy) is 1. The Morgan fingerprint density at radius 1 is 1.18 bits per heavy atom. The summed E-state index contributed by atoms with van der Waals surface area (Å²) < 4.78 is 20.7. The number of rotatable bonds is 3. The molecule has 0 aliphatic carbocycles. The van der Waals surface area contributed by atoms with Gasteiger partial charge in [-0.15, -0.1) is 5.10 Å². The van der Waals surface area contributed by atoms with Gasteiger partial charge in [-0.2, -0.15) is 0 Å². The van der Waals surface area contributed by atoms with Crippen LogP contribution in [-0.2, 0) is 0 Å². The monoisotopic (exact) mass is 338 g/mol. The van der Waals surface area contributed by atoms with E-state index in [2.05, 4.69) is 15.3 Å². The minimum Gasteiger partial charge on any atom is -0.481 e. The molecule has 0 aliphatic heterocycles. The van der Waals surface area contributed by atoms with Gasteiger partial charge in [-0.1, -0.05) is 28.4 Å². The van der Waals surface area contributed by atoms with Crippen molar-refractivity contribution >= 4 is 23.2 Å². The molecular weight excluding hydrogens is 330 g/mol. The lowest BCUT2D eigenvalue weighted by Gasteiger charge is -2.11. The second kappa shape index (κ2) is 5.90. The average Bonchev–Trinajstić information content (AvgIpc) is 2.94. The number of aromatic nitrogens is 4. The Balaban J connectivity index is 2.24. The molecule has 0 saturated carbocycles. The average molecular weight is 339 g/mol. The highest BCUT2D eigenvalue weighted by Crippen LogP contribution is 2.32. The van der Waals surface area contributed by atoms with Crippen LogP contribution in [-0.4, -0.2) is 27.1 Å². The number of hydrogen-bond donors (Lipinski definition) is 0. The minimum atomic E-state index is -0.504. The molecule has 2 aromatic heterocycles. The van der Waals surface area contributed by atoms with Crippen LogP contribution in [0, 0.1) is 5.82 Å². The molecule has 0 amide bonds. The molecule has 0 radical (unpaired) electrons. The maximum Gasteiger partial charge on any atom is 0.213 e. The van der Waals surface area contributed by atoms with E-state index in [-0.39, 0.29) is 10.7 Å². The van der Waals surface area contributed by atoms with Crippen LogP contribution >= 0.6 is 23.2 Å². The first-order valence-corrected chi connectivity index (χ1v) is 6.92. The van der Waals surface area contributed by atoms with Gasteiger partial charge in [0.05, 0.1) is 25.2 Å². The van der Waals surface area contributed by atoms with Gasteiger partial charge in [-0.25, -0.2) is 14.1 Å². The van der Waals surface area contributed by atoms with Crippen molar-refractivity contribution in [1.82, 2.24) is 20.0 Å². The van der Waals surface area contributed by atoms with E-state index < -0.39 is 5.82 Å². The zero-order valence-corrected chi connectivity index (χ0v) is 12.8. The van der Waals surface area contributed by atoms with E-state index in [0.717, 1.165) is 6.20 Å². The Bertz CT molecular complexity index is 837. The molecule has 0 saturated heterocycles. The second-order valence-electron chi connectivity index (χ2n) is 4.35. The number of pyridine rings is 1. The van der Waals surface area contributed by atoms with Crippen LogP contribution in [0.3, 0.4) is 0 Å². The lowest BCUT2D eigenvalue weighted by molar-refractivity contribution is 0.396. The third-order valence-corrected chi connectivity index (χ3v) is 3.41. The summed E-state index contributed by atoms with van der Waals surface area (Å²) in [6.45, 7) is 0. The van der Waals surface area contributed by atoms with Gasteiger partial charge >= 0.3 is 0 Å². The fourth-order valence-electron chi connectivity index (χ4n) is 2.02. The first-order chi connectivity index (χ1) is 10.6. The SMILES string of the molecule is COc1cc(-c2cc(Cl)ccc2-n2cc(Cl)nn2)c(F)cn1. The maximum atomic E-state index is 14.2. The standard InChI is InChI=1S/C14H9Cl2FN4O/c1-22-14-5-9(11(17)6-18-14)10-4-8(15)2-3-12(10)21-7-13(16)19-20-21/h2-7H,1H3. The summed E-state index contributed by atoms with van der Waals surface area (Å²) in [5, 5.41) is 8.31. The highest BCUT2D eigenvalue weighted by atomic mass is 35.5. The number of halogens is 3. The predicted octanol–water partition coefficient (Wildman–Crippen LogP) is 3.78. The summed E-state index contributed by atoms with van der Waals surface area (Å²) >= 11 is 11.8. The van der Waals surface area contributed by atoms with Gasteiger partial charge in [0, 0.05) is 22.2 Å². The van der Waals surface area contributed by atoms with Crippen molar-refractivity contribution in [2.75, 3.05) is 7.11 Å². The van der Waals surface area contributed by atoms with Crippen molar-refractivity contribution in [2.24, 2.45) is 0 Å². The number of benzene rings is 1. The molecule has 0 bridgehead atoms. The van der Waals surface area contributed by atoms with Crippen LogP contribution in [0.5, 0.6) is 5.88 Å². The summed E-state index contributed by atoms with van der Waals surface area (Å²) in [5.41, 5.74) is 1.39. The van der Waals surface area contributed by atoms with Crippen molar-refractivity contribution in [1.29, 1.82) is 0 Å². The topological polar surface area (TPSA) is 52.8 Å². The Morgan fingerprint density at radius 2 is 2.00 bits per heavy atom. The van der Waals surface area contributed by atoms with Crippen LogP contribution < -0.4 is 4.74 Å². The molecular formula is C14H9Cl2FN4O. The van der Waals surface area contributed by atoms with Crippen LogP contribution in [0.15, 0.2) is 36.7 Å². The zero-order valence-electron chi connectivity index (χ0n) is 11.3. The van der Waals surface area contributed by atoms with Gasteiger partial charge in [0.15, 0.2) is 5.15 Å². The Hall–Kier alpha value is -2.18. The molecule has 0 atom stereocenters. The molecule has 0 aliphatic rings. The highest BCUT2D eigenvalue weighted by molar-refractivity contribution is 6.31. The molecule has 0 unspecified atom stereocenters. The third kappa shape index (κ3) is 2.75. The summed E-state index contributed by atoms with van der Waals surface area (Å²) in [5.74, 6) is -0.213. The second-order valence-corrected chi connectivity index (χ2v) is 5.18. The van der Waals surface area contributed by atoms with E-state index in [4.69, 9.17) is 27.9 Å². The van der Waals surface area contributed by atoms with Crippen LogP contribution in [0.2, 0.25) is 10.2 Å². The van der Waals surface area contributed by atoms with Crippen molar-refractivity contribution in [3.63, 3.8) is 0 Å². The van der Waals surface area contributed by atoms with E-state index in [0.29, 0.717) is 22.2 Å². The molecule has 112 valence electrons. The molecule has 8 heteroatoms. The quantitative estimate of drug-likeness (QED) is 0.729. The van der Waals surface area contributed by atoms with Crippen molar-refractivity contribution < 1.29 is 9.13 Å². The Kier molecular flexibility index (Phi) is 3.96. The van der Waals surface area contributed by atoms with Crippen molar-refractivity contribution in [3.05, 3.63) is 52.7 Å². The van der Waals surface area contributed by atoms with Crippen LogP contribution in [0.1, 0.15) is 0 Å².